The smallest absolute Gasteiger partial charge is 0.312 e. The molecule has 0 atom stereocenters. The number of likely N-dealkylation sites (tertiary alicyclic amines) is 1. The van der Waals surface area contributed by atoms with Crippen molar-refractivity contribution in [2.24, 2.45) is 5.41 Å². The lowest BCUT2D eigenvalue weighted by atomic mass is 9.73. The lowest BCUT2D eigenvalue weighted by molar-refractivity contribution is -0.157. The standard InChI is InChI=1S/C17H23NO3/c1-13-6-4-5-7-15(13)12-17(16(20)21-3)8-10-18(11-9-17)14(2)19/h4-7H,8-12H2,1-3H3. The zero-order valence-electron chi connectivity index (χ0n) is 13.0. The fourth-order valence-corrected chi connectivity index (χ4v) is 3.09. The third kappa shape index (κ3) is 3.26. The van der Waals surface area contributed by atoms with Crippen LogP contribution < -0.4 is 0 Å². The van der Waals surface area contributed by atoms with E-state index in [9.17, 15) is 9.59 Å². The SMILES string of the molecule is COC(=O)C1(Cc2ccccc2C)CCN(C(C)=O)CC1. The summed E-state index contributed by atoms with van der Waals surface area (Å²) in [5, 5.41) is 0. The van der Waals surface area contributed by atoms with Crippen LogP contribution in [0.3, 0.4) is 0 Å². The van der Waals surface area contributed by atoms with Crippen LogP contribution in [-0.4, -0.2) is 37.0 Å². The molecule has 1 aromatic rings. The van der Waals surface area contributed by atoms with E-state index in [0.717, 1.165) is 0 Å². The third-order valence-corrected chi connectivity index (χ3v) is 4.57. The minimum absolute atomic E-state index is 0.0735. The van der Waals surface area contributed by atoms with Gasteiger partial charge in [0, 0.05) is 20.0 Å². The van der Waals surface area contributed by atoms with Crippen molar-refractivity contribution in [2.75, 3.05) is 20.2 Å². The Hall–Kier alpha value is -1.84. The molecule has 0 bridgehead atoms. The van der Waals surface area contributed by atoms with Gasteiger partial charge in [-0.25, -0.2) is 0 Å². The van der Waals surface area contributed by atoms with Crippen molar-refractivity contribution in [1.82, 2.24) is 4.90 Å². The summed E-state index contributed by atoms with van der Waals surface area (Å²) in [6.07, 6.45) is 2.00. The third-order valence-electron chi connectivity index (χ3n) is 4.57. The van der Waals surface area contributed by atoms with E-state index >= 15 is 0 Å². The number of esters is 1. The first-order chi connectivity index (χ1) is 9.98. The average Bonchev–Trinajstić information content (AvgIpc) is 2.49. The molecule has 0 unspecified atom stereocenters. The molecule has 0 radical (unpaired) electrons. The summed E-state index contributed by atoms with van der Waals surface area (Å²) in [5.41, 5.74) is 1.86. The van der Waals surface area contributed by atoms with Gasteiger partial charge in [0.1, 0.15) is 0 Å². The maximum atomic E-state index is 12.4. The molecule has 0 aromatic heterocycles. The number of piperidine rings is 1. The molecule has 0 saturated carbocycles. The van der Waals surface area contributed by atoms with Crippen LogP contribution in [-0.2, 0) is 20.7 Å². The van der Waals surface area contributed by atoms with Gasteiger partial charge < -0.3 is 9.64 Å². The molecule has 0 N–H and O–H groups in total. The highest BCUT2D eigenvalue weighted by atomic mass is 16.5. The van der Waals surface area contributed by atoms with E-state index in [1.807, 2.05) is 12.1 Å². The van der Waals surface area contributed by atoms with Gasteiger partial charge >= 0.3 is 5.97 Å². The molecule has 1 fully saturated rings. The number of carbonyl (C=O) groups is 2. The second kappa shape index (κ2) is 6.29. The van der Waals surface area contributed by atoms with Gasteiger partial charge in [0.25, 0.3) is 0 Å². The van der Waals surface area contributed by atoms with Crippen LogP contribution in [0.25, 0.3) is 0 Å². The number of ether oxygens (including phenoxy) is 1. The number of methoxy groups -OCH3 is 1. The van der Waals surface area contributed by atoms with Crippen molar-refractivity contribution in [3.05, 3.63) is 35.4 Å². The Balaban J connectivity index is 2.22. The quantitative estimate of drug-likeness (QED) is 0.802. The second-order valence-corrected chi connectivity index (χ2v) is 5.88. The number of rotatable bonds is 3. The maximum absolute atomic E-state index is 12.4. The van der Waals surface area contributed by atoms with Gasteiger partial charge in [-0.1, -0.05) is 24.3 Å². The average molecular weight is 289 g/mol. The van der Waals surface area contributed by atoms with E-state index in [4.69, 9.17) is 4.74 Å². The molecular weight excluding hydrogens is 266 g/mol. The Morgan fingerprint density at radius 2 is 1.86 bits per heavy atom. The summed E-state index contributed by atoms with van der Waals surface area (Å²) < 4.78 is 5.06. The van der Waals surface area contributed by atoms with Crippen molar-refractivity contribution < 1.29 is 14.3 Å². The summed E-state index contributed by atoms with van der Waals surface area (Å²) in [5.74, 6) is -0.0849. The summed E-state index contributed by atoms with van der Waals surface area (Å²) in [6, 6.07) is 8.13. The molecule has 1 aliphatic heterocycles. The Kier molecular flexibility index (Phi) is 4.66. The Morgan fingerprint density at radius 1 is 1.24 bits per heavy atom. The van der Waals surface area contributed by atoms with Crippen LogP contribution in [0.4, 0.5) is 0 Å². The molecule has 0 aliphatic carbocycles. The molecule has 1 amide bonds. The predicted octanol–water partition coefficient (Wildman–Crippen LogP) is 2.34. The summed E-state index contributed by atoms with van der Waals surface area (Å²) in [7, 11) is 1.44. The first kappa shape index (κ1) is 15.5. The second-order valence-electron chi connectivity index (χ2n) is 5.88. The normalized spacial score (nSPS) is 17.4. The molecule has 1 heterocycles. The molecular formula is C17H23NO3. The van der Waals surface area contributed by atoms with E-state index in [1.54, 1.807) is 11.8 Å². The van der Waals surface area contributed by atoms with Crippen molar-refractivity contribution >= 4 is 11.9 Å². The number of carbonyl (C=O) groups excluding carboxylic acids is 2. The predicted molar refractivity (Wildman–Crippen MR) is 80.8 cm³/mol. The van der Waals surface area contributed by atoms with E-state index in [1.165, 1.54) is 18.2 Å². The summed E-state index contributed by atoms with van der Waals surface area (Å²) >= 11 is 0. The molecule has 114 valence electrons. The lowest BCUT2D eigenvalue weighted by Crippen LogP contribution is -2.47. The van der Waals surface area contributed by atoms with Crippen LogP contribution in [0.15, 0.2) is 24.3 Å². The van der Waals surface area contributed by atoms with E-state index in [2.05, 4.69) is 19.1 Å². The van der Waals surface area contributed by atoms with Crippen molar-refractivity contribution in [1.29, 1.82) is 0 Å². The first-order valence-electron chi connectivity index (χ1n) is 7.37. The summed E-state index contributed by atoms with van der Waals surface area (Å²) in [4.78, 5) is 25.6. The van der Waals surface area contributed by atoms with Crippen LogP contribution in [0.1, 0.15) is 30.9 Å². The molecule has 1 aliphatic rings. The highest BCUT2D eigenvalue weighted by Crippen LogP contribution is 2.37. The minimum Gasteiger partial charge on any atom is -0.469 e. The van der Waals surface area contributed by atoms with Crippen molar-refractivity contribution in [2.45, 2.75) is 33.1 Å². The fourth-order valence-electron chi connectivity index (χ4n) is 3.09. The van der Waals surface area contributed by atoms with Crippen LogP contribution in [0.2, 0.25) is 0 Å². The van der Waals surface area contributed by atoms with Gasteiger partial charge in [0.15, 0.2) is 0 Å². The van der Waals surface area contributed by atoms with Crippen LogP contribution in [0.5, 0.6) is 0 Å². The number of aryl methyl sites for hydroxylation is 1. The number of benzene rings is 1. The van der Waals surface area contributed by atoms with E-state index < -0.39 is 5.41 Å². The van der Waals surface area contributed by atoms with Crippen LogP contribution >= 0.6 is 0 Å². The molecule has 4 nitrogen and oxygen atoms in total. The van der Waals surface area contributed by atoms with Gasteiger partial charge in [-0.3, -0.25) is 9.59 Å². The minimum atomic E-state index is -0.507. The molecule has 1 saturated heterocycles. The maximum Gasteiger partial charge on any atom is 0.312 e. The van der Waals surface area contributed by atoms with Gasteiger partial charge in [0.2, 0.25) is 5.91 Å². The Bertz CT molecular complexity index is 531. The van der Waals surface area contributed by atoms with E-state index in [-0.39, 0.29) is 11.9 Å². The Morgan fingerprint density at radius 3 is 2.38 bits per heavy atom. The number of hydrogen-bond donors (Lipinski definition) is 0. The van der Waals surface area contributed by atoms with Gasteiger partial charge in [0.05, 0.1) is 12.5 Å². The summed E-state index contributed by atoms with van der Waals surface area (Å²) in [6.45, 7) is 4.88. The van der Waals surface area contributed by atoms with Crippen molar-refractivity contribution in [3.8, 4) is 0 Å². The number of amides is 1. The lowest BCUT2D eigenvalue weighted by Gasteiger charge is -2.39. The van der Waals surface area contributed by atoms with Gasteiger partial charge in [-0.05, 0) is 37.3 Å². The monoisotopic (exact) mass is 289 g/mol. The Labute approximate surface area is 126 Å². The zero-order chi connectivity index (χ0) is 15.5. The highest BCUT2D eigenvalue weighted by Gasteiger charge is 2.43. The van der Waals surface area contributed by atoms with Crippen LogP contribution in [0, 0.1) is 12.3 Å². The zero-order valence-corrected chi connectivity index (χ0v) is 13.0. The molecule has 4 heteroatoms. The van der Waals surface area contributed by atoms with Gasteiger partial charge in [-0.15, -0.1) is 0 Å². The number of hydrogen-bond acceptors (Lipinski definition) is 3. The molecule has 1 aromatic carbocycles. The highest BCUT2D eigenvalue weighted by molar-refractivity contribution is 5.78. The molecule has 2 rings (SSSR count). The molecule has 21 heavy (non-hydrogen) atoms. The first-order valence-corrected chi connectivity index (χ1v) is 7.37. The fraction of sp³-hybridized carbons (Fsp3) is 0.529. The molecule has 0 spiro atoms. The van der Waals surface area contributed by atoms with E-state index in [0.29, 0.717) is 32.4 Å². The number of nitrogens with zero attached hydrogens (tertiary/aromatic N) is 1. The largest absolute Gasteiger partial charge is 0.469 e. The van der Waals surface area contributed by atoms with Crippen molar-refractivity contribution in [3.63, 3.8) is 0 Å². The van der Waals surface area contributed by atoms with Gasteiger partial charge in [-0.2, -0.15) is 0 Å². The topological polar surface area (TPSA) is 46.6 Å².